The zero-order chi connectivity index (χ0) is 15.3. The minimum absolute atomic E-state index is 0.0809. The van der Waals surface area contributed by atoms with Gasteiger partial charge in [0.1, 0.15) is 0 Å². The number of benzene rings is 1. The molecule has 2 heterocycles. The first-order valence-electron chi connectivity index (χ1n) is 8.26. The third kappa shape index (κ3) is 1.67. The third-order valence-corrected chi connectivity index (χ3v) is 5.92. The summed E-state index contributed by atoms with van der Waals surface area (Å²) in [6, 6.07) is 4.26. The molecule has 22 heavy (non-hydrogen) atoms. The molecule has 2 fully saturated rings. The molecule has 1 aromatic rings. The zero-order valence-corrected chi connectivity index (χ0v) is 13.4. The lowest BCUT2D eigenvalue weighted by Crippen LogP contribution is -2.52. The molecule has 0 radical (unpaired) electrons. The van der Waals surface area contributed by atoms with Gasteiger partial charge in [-0.15, -0.1) is 0 Å². The molecule has 1 amide bonds. The Bertz CT molecular complexity index is 627. The number of methoxy groups -OCH3 is 2. The normalized spacial score (nSPS) is 29.6. The van der Waals surface area contributed by atoms with Crippen molar-refractivity contribution < 1.29 is 14.3 Å². The van der Waals surface area contributed by atoms with Gasteiger partial charge in [-0.1, -0.05) is 12.8 Å². The van der Waals surface area contributed by atoms with Gasteiger partial charge in [-0.3, -0.25) is 4.79 Å². The Morgan fingerprint density at radius 1 is 1.18 bits per heavy atom. The SMILES string of the molecule is COc1cc2c(cc1OC)[C@@]13CCCC[C@H]1CC(=O)N3CC2. The van der Waals surface area contributed by atoms with Crippen molar-refractivity contribution in [1.82, 2.24) is 4.90 Å². The fourth-order valence-corrected chi connectivity index (χ4v) is 4.99. The molecular weight excluding hydrogens is 278 g/mol. The first-order valence-corrected chi connectivity index (χ1v) is 8.26. The molecule has 1 saturated carbocycles. The van der Waals surface area contributed by atoms with Crippen molar-refractivity contribution >= 4 is 5.91 Å². The molecule has 1 aliphatic carbocycles. The van der Waals surface area contributed by atoms with Gasteiger partial charge in [-0.05, 0) is 48.4 Å². The lowest BCUT2D eigenvalue weighted by molar-refractivity contribution is -0.132. The molecule has 3 aliphatic rings. The molecule has 2 atom stereocenters. The lowest BCUT2D eigenvalue weighted by Gasteiger charge is -2.49. The largest absolute Gasteiger partial charge is 0.493 e. The van der Waals surface area contributed by atoms with Crippen LogP contribution in [-0.4, -0.2) is 31.6 Å². The van der Waals surface area contributed by atoms with Crippen LogP contribution in [0.15, 0.2) is 12.1 Å². The molecule has 0 N–H and O–H groups in total. The van der Waals surface area contributed by atoms with Crippen LogP contribution in [0.25, 0.3) is 0 Å². The number of rotatable bonds is 2. The summed E-state index contributed by atoms with van der Waals surface area (Å²) in [7, 11) is 3.36. The van der Waals surface area contributed by atoms with Crippen molar-refractivity contribution in [1.29, 1.82) is 0 Å². The summed E-state index contributed by atoms with van der Waals surface area (Å²) >= 11 is 0. The number of hydrogen-bond donors (Lipinski definition) is 0. The molecular formula is C18H23NO3. The predicted octanol–water partition coefficient (Wildman–Crippen LogP) is 2.88. The maximum atomic E-state index is 12.5. The fourth-order valence-electron chi connectivity index (χ4n) is 4.99. The van der Waals surface area contributed by atoms with E-state index in [4.69, 9.17) is 9.47 Å². The second kappa shape index (κ2) is 4.90. The Balaban J connectivity index is 1.91. The molecule has 0 unspecified atom stereocenters. The van der Waals surface area contributed by atoms with Crippen LogP contribution in [-0.2, 0) is 16.8 Å². The highest BCUT2D eigenvalue weighted by atomic mass is 16.5. The predicted molar refractivity (Wildman–Crippen MR) is 83.2 cm³/mol. The van der Waals surface area contributed by atoms with E-state index in [-0.39, 0.29) is 5.54 Å². The number of nitrogens with zero attached hydrogens (tertiary/aromatic N) is 1. The molecule has 0 bridgehead atoms. The number of carbonyl (C=O) groups is 1. The van der Waals surface area contributed by atoms with Crippen LogP contribution in [0, 0.1) is 5.92 Å². The van der Waals surface area contributed by atoms with Gasteiger partial charge in [0.2, 0.25) is 5.91 Å². The first kappa shape index (κ1) is 13.9. The van der Waals surface area contributed by atoms with E-state index in [0.717, 1.165) is 37.3 Å². The van der Waals surface area contributed by atoms with Crippen LogP contribution in [0.5, 0.6) is 11.5 Å². The Morgan fingerprint density at radius 3 is 2.73 bits per heavy atom. The van der Waals surface area contributed by atoms with Crippen LogP contribution in [0.4, 0.5) is 0 Å². The number of amides is 1. The van der Waals surface area contributed by atoms with Crippen LogP contribution in [0.1, 0.15) is 43.2 Å². The van der Waals surface area contributed by atoms with E-state index < -0.39 is 0 Å². The Morgan fingerprint density at radius 2 is 1.95 bits per heavy atom. The maximum absolute atomic E-state index is 12.5. The maximum Gasteiger partial charge on any atom is 0.223 e. The van der Waals surface area contributed by atoms with E-state index in [2.05, 4.69) is 17.0 Å². The van der Waals surface area contributed by atoms with Crippen molar-refractivity contribution in [3.8, 4) is 11.5 Å². The Labute approximate surface area is 131 Å². The highest BCUT2D eigenvalue weighted by Gasteiger charge is 2.56. The van der Waals surface area contributed by atoms with E-state index in [1.807, 2.05) is 0 Å². The molecule has 4 heteroatoms. The molecule has 1 saturated heterocycles. The molecule has 1 spiro atoms. The van der Waals surface area contributed by atoms with Crippen LogP contribution < -0.4 is 9.47 Å². The zero-order valence-electron chi connectivity index (χ0n) is 13.4. The van der Waals surface area contributed by atoms with Gasteiger partial charge < -0.3 is 14.4 Å². The molecule has 4 rings (SSSR count). The smallest absolute Gasteiger partial charge is 0.223 e. The second-order valence-corrected chi connectivity index (χ2v) is 6.73. The summed E-state index contributed by atoms with van der Waals surface area (Å²) in [4.78, 5) is 14.7. The number of ether oxygens (including phenoxy) is 2. The van der Waals surface area contributed by atoms with Gasteiger partial charge in [0.05, 0.1) is 19.8 Å². The summed E-state index contributed by atoms with van der Waals surface area (Å²) in [6.45, 7) is 0.845. The monoisotopic (exact) mass is 301 g/mol. The molecule has 4 nitrogen and oxygen atoms in total. The third-order valence-electron chi connectivity index (χ3n) is 5.92. The summed E-state index contributed by atoms with van der Waals surface area (Å²) in [5.74, 6) is 2.38. The quantitative estimate of drug-likeness (QED) is 0.843. The summed E-state index contributed by atoms with van der Waals surface area (Å²) in [6.07, 6.45) is 6.33. The standard InChI is InChI=1S/C18H23NO3/c1-21-15-9-12-6-8-19-17(20)10-13-5-3-4-7-18(13,19)14(12)11-16(15)22-2/h9,11,13H,3-8,10H2,1-2H3/t13-,18+/m0/s1. The van der Waals surface area contributed by atoms with Gasteiger partial charge in [0.15, 0.2) is 11.5 Å². The Kier molecular flexibility index (Phi) is 3.10. The van der Waals surface area contributed by atoms with Crippen molar-refractivity contribution in [2.75, 3.05) is 20.8 Å². The van der Waals surface area contributed by atoms with Gasteiger partial charge >= 0.3 is 0 Å². The van der Waals surface area contributed by atoms with Crippen molar-refractivity contribution in [2.24, 2.45) is 5.92 Å². The van der Waals surface area contributed by atoms with Crippen molar-refractivity contribution in [2.45, 2.75) is 44.1 Å². The van der Waals surface area contributed by atoms with Gasteiger partial charge in [0, 0.05) is 13.0 Å². The fraction of sp³-hybridized carbons (Fsp3) is 0.611. The second-order valence-electron chi connectivity index (χ2n) is 6.73. The van der Waals surface area contributed by atoms with Gasteiger partial charge in [-0.25, -0.2) is 0 Å². The minimum Gasteiger partial charge on any atom is -0.493 e. The van der Waals surface area contributed by atoms with Crippen LogP contribution >= 0.6 is 0 Å². The summed E-state index contributed by atoms with van der Waals surface area (Å²) in [5.41, 5.74) is 2.56. The van der Waals surface area contributed by atoms with E-state index >= 15 is 0 Å². The minimum atomic E-state index is -0.0809. The van der Waals surface area contributed by atoms with E-state index in [1.54, 1.807) is 14.2 Å². The summed E-state index contributed by atoms with van der Waals surface area (Å²) in [5, 5.41) is 0. The van der Waals surface area contributed by atoms with Crippen molar-refractivity contribution in [3.63, 3.8) is 0 Å². The van der Waals surface area contributed by atoms with E-state index in [0.29, 0.717) is 18.2 Å². The molecule has 2 aliphatic heterocycles. The first-order chi connectivity index (χ1) is 10.7. The average molecular weight is 301 g/mol. The summed E-state index contributed by atoms with van der Waals surface area (Å²) < 4.78 is 11.0. The van der Waals surface area contributed by atoms with Crippen LogP contribution in [0.3, 0.4) is 0 Å². The van der Waals surface area contributed by atoms with Crippen LogP contribution in [0.2, 0.25) is 0 Å². The van der Waals surface area contributed by atoms with Gasteiger partial charge in [-0.2, -0.15) is 0 Å². The number of carbonyl (C=O) groups excluding carboxylic acids is 1. The number of hydrogen-bond acceptors (Lipinski definition) is 3. The molecule has 0 aromatic heterocycles. The topological polar surface area (TPSA) is 38.8 Å². The van der Waals surface area contributed by atoms with E-state index in [1.165, 1.54) is 24.0 Å². The van der Waals surface area contributed by atoms with Gasteiger partial charge in [0.25, 0.3) is 0 Å². The lowest BCUT2D eigenvalue weighted by atomic mass is 9.66. The molecule has 1 aromatic carbocycles. The average Bonchev–Trinajstić information content (AvgIpc) is 2.86. The van der Waals surface area contributed by atoms with Crippen molar-refractivity contribution in [3.05, 3.63) is 23.3 Å². The highest BCUT2D eigenvalue weighted by molar-refractivity contribution is 5.81. The van der Waals surface area contributed by atoms with E-state index in [9.17, 15) is 4.79 Å². The molecule has 118 valence electrons. The Hall–Kier alpha value is -1.71. The highest BCUT2D eigenvalue weighted by Crippen LogP contribution is 2.56. The number of fused-ring (bicyclic) bond motifs is 1.